The lowest BCUT2D eigenvalue weighted by Crippen LogP contribution is -2.45. The Bertz CT molecular complexity index is 1000. The van der Waals surface area contributed by atoms with Gasteiger partial charge in [-0.25, -0.2) is 4.68 Å². The Kier molecular flexibility index (Phi) is 7.29. The number of carbonyl (C=O) groups excluding carboxylic acids is 2. The maximum absolute atomic E-state index is 13.3. The molecule has 0 saturated carbocycles. The normalized spacial score (nSPS) is 11.8. The van der Waals surface area contributed by atoms with Crippen molar-refractivity contribution in [3.05, 3.63) is 72.8 Å². The molecule has 0 aliphatic rings. The molecule has 1 aromatic heterocycles. The number of nitrogens with one attached hydrogen (secondary N) is 1. The van der Waals surface area contributed by atoms with Gasteiger partial charge in [0, 0.05) is 20.2 Å². The fourth-order valence-corrected chi connectivity index (χ4v) is 3.22. The maximum atomic E-state index is 13.3. The van der Waals surface area contributed by atoms with Crippen molar-refractivity contribution in [2.24, 2.45) is 0 Å². The summed E-state index contributed by atoms with van der Waals surface area (Å²) in [5.41, 5.74) is 2.17. The van der Waals surface area contributed by atoms with Gasteiger partial charge in [-0.3, -0.25) is 9.59 Å². The number of para-hydroxylation sites is 1. The van der Waals surface area contributed by atoms with E-state index in [2.05, 4.69) is 22.2 Å². The molecule has 3 rings (SSSR count). The second kappa shape index (κ2) is 10.3. The van der Waals surface area contributed by atoms with Crippen LogP contribution >= 0.6 is 0 Å². The van der Waals surface area contributed by atoms with Crippen LogP contribution in [0.2, 0.25) is 0 Å². The highest BCUT2D eigenvalue weighted by atomic mass is 16.5. The zero-order chi connectivity index (χ0) is 21.3. The lowest BCUT2D eigenvalue weighted by molar-refractivity contribution is -0.140. The Morgan fingerprint density at radius 1 is 1.20 bits per heavy atom. The molecule has 0 radical (unpaired) electrons. The van der Waals surface area contributed by atoms with Crippen molar-refractivity contribution in [1.82, 2.24) is 25.2 Å². The van der Waals surface area contributed by atoms with Crippen LogP contribution in [0.3, 0.4) is 0 Å². The van der Waals surface area contributed by atoms with E-state index in [4.69, 9.17) is 4.74 Å². The molecule has 1 N–H and O–H groups in total. The van der Waals surface area contributed by atoms with Gasteiger partial charge in [0.15, 0.2) is 0 Å². The molecule has 0 bridgehead atoms. The van der Waals surface area contributed by atoms with Gasteiger partial charge in [-0.1, -0.05) is 53.8 Å². The topological polar surface area (TPSA) is 89.4 Å². The van der Waals surface area contributed by atoms with Crippen LogP contribution in [-0.4, -0.2) is 58.5 Å². The SMILES string of the molecule is C=CCN(C(=O)Cn1nnc2ccccc21)[C@@H](C(=O)NCCOC)c1ccccc1. The molecular formula is C22H25N5O3. The second-order valence-electron chi connectivity index (χ2n) is 6.67. The summed E-state index contributed by atoms with van der Waals surface area (Å²) in [6.45, 7) is 4.66. The largest absolute Gasteiger partial charge is 0.383 e. The predicted molar refractivity (Wildman–Crippen MR) is 114 cm³/mol. The minimum absolute atomic E-state index is 0.0387. The third-order valence-corrected chi connectivity index (χ3v) is 4.63. The summed E-state index contributed by atoms with van der Waals surface area (Å²) in [6.07, 6.45) is 1.61. The second-order valence-corrected chi connectivity index (χ2v) is 6.67. The van der Waals surface area contributed by atoms with Crippen molar-refractivity contribution in [3.8, 4) is 0 Å². The standard InChI is InChI=1S/C22H25N5O3/c1-3-14-26(20(28)16-27-19-12-8-7-11-18(19)24-25-27)21(17-9-5-4-6-10-17)22(29)23-13-15-30-2/h3-12,21H,1,13-16H2,2H3,(H,23,29)/t21-/m1/s1. The molecule has 0 aliphatic heterocycles. The van der Waals surface area contributed by atoms with Crippen LogP contribution in [0.4, 0.5) is 0 Å². The van der Waals surface area contributed by atoms with Crippen LogP contribution in [-0.2, 0) is 20.9 Å². The number of nitrogens with zero attached hydrogens (tertiary/aromatic N) is 4. The average Bonchev–Trinajstić information content (AvgIpc) is 3.17. The highest BCUT2D eigenvalue weighted by Crippen LogP contribution is 2.22. The molecule has 8 heteroatoms. The Morgan fingerprint density at radius 3 is 2.67 bits per heavy atom. The number of fused-ring (bicyclic) bond motifs is 1. The smallest absolute Gasteiger partial charge is 0.247 e. The molecule has 1 atom stereocenters. The minimum Gasteiger partial charge on any atom is -0.383 e. The van der Waals surface area contributed by atoms with Crippen LogP contribution in [0.1, 0.15) is 11.6 Å². The van der Waals surface area contributed by atoms with E-state index in [0.29, 0.717) is 24.2 Å². The summed E-state index contributed by atoms with van der Waals surface area (Å²) in [5, 5.41) is 11.0. The molecule has 30 heavy (non-hydrogen) atoms. The molecule has 2 amide bonds. The predicted octanol–water partition coefficient (Wildman–Crippen LogP) is 1.95. The van der Waals surface area contributed by atoms with Crippen LogP contribution < -0.4 is 5.32 Å². The number of ether oxygens (including phenoxy) is 1. The van der Waals surface area contributed by atoms with E-state index in [0.717, 1.165) is 5.52 Å². The minimum atomic E-state index is -0.802. The van der Waals surface area contributed by atoms with Crippen molar-refractivity contribution in [3.63, 3.8) is 0 Å². The van der Waals surface area contributed by atoms with E-state index in [-0.39, 0.29) is 24.9 Å². The van der Waals surface area contributed by atoms with Gasteiger partial charge in [0.25, 0.3) is 0 Å². The van der Waals surface area contributed by atoms with E-state index < -0.39 is 6.04 Å². The first-order chi connectivity index (χ1) is 14.7. The van der Waals surface area contributed by atoms with Gasteiger partial charge in [0.05, 0.1) is 12.1 Å². The van der Waals surface area contributed by atoms with Crippen molar-refractivity contribution in [2.45, 2.75) is 12.6 Å². The zero-order valence-electron chi connectivity index (χ0n) is 16.9. The number of aromatic nitrogens is 3. The highest BCUT2D eigenvalue weighted by Gasteiger charge is 2.31. The first-order valence-electron chi connectivity index (χ1n) is 9.66. The van der Waals surface area contributed by atoms with Crippen LogP contribution in [0.5, 0.6) is 0 Å². The van der Waals surface area contributed by atoms with Crippen molar-refractivity contribution in [2.75, 3.05) is 26.8 Å². The Balaban J connectivity index is 1.89. The van der Waals surface area contributed by atoms with Crippen LogP contribution in [0.15, 0.2) is 67.3 Å². The van der Waals surface area contributed by atoms with Gasteiger partial charge in [0.2, 0.25) is 11.8 Å². The average molecular weight is 407 g/mol. The van der Waals surface area contributed by atoms with Gasteiger partial charge >= 0.3 is 0 Å². The number of methoxy groups -OCH3 is 1. The fraction of sp³-hybridized carbons (Fsp3) is 0.273. The summed E-state index contributed by atoms with van der Waals surface area (Å²) < 4.78 is 6.55. The third-order valence-electron chi connectivity index (χ3n) is 4.63. The van der Waals surface area contributed by atoms with Gasteiger partial charge in [0.1, 0.15) is 18.1 Å². The van der Waals surface area contributed by atoms with Gasteiger partial charge in [-0.05, 0) is 17.7 Å². The third kappa shape index (κ3) is 4.90. The molecule has 0 unspecified atom stereocenters. The maximum Gasteiger partial charge on any atom is 0.247 e. The van der Waals surface area contributed by atoms with E-state index in [9.17, 15) is 9.59 Å². The van der Waals surface area contributed by atoms with E-state index in [1.807, 2.05) is 54.6 Å². The molecular weight excluding hydrogens is 382 g/mol. The molecule has 156 valence electrons. The van der Waals surface area contributed by atoms with E-state index >= 15 is 0 Å². The fourth-order valence-electron chi connectivity index (χ4n) is 3.22. The monoisotopic (exact) mass is 407 g/mol. The Labute approximate surface area is 175 Å². The summed E-state index contributed by atoms with van der Waals surface area (Å²) in [6, 6.07) is 15.8. The van der Waals surface area contributed by atoms with Gasteiger partial charge < -0.3 is 15.0 Å². The van der Waals surface area contributed by atoms with Crippen molar-refractivity contribution < 1.29 is 14.3 Å². The number of hydrogen-bond acceptors (Lipinski definition) is 5. The summed E-state index contributed by atoms with van der Waals surface area (Å²) >= 11 is 0. The van der Waals surface area contributed by atoms with Crippen LogP contribution in [0, 0.1) is 0 Å². The summed E-state index contributed by atoms with van der Waals surface area (Å²) in [4.78, 5) is 27.8. The lowest BCUT2D eigenvalue weighted by Gasteiger charge is -2.30. The molecule has 2 aromatic carbocycles. The van der Waals surface area contributed by atoms with Gasteiger partial charge in [-0.15, -0.1) is 11.7 Å². The molecule has 0 spiro atoms. The zero-order valence-corrected chi connectivity index (χ0v) is 16.9. The molecule has 3 aromatic rings. The van der Waals surface area contributed by atoms with Crippen molar-refractivity contribution in [1.29, 1.82) is 0 Å². The highest BCUT2D eigenvalue weighted by molar-refractivity contribution is 5.89. The molecule has 0 fully saturated rings. The summed E-state index contributed by atoms with van der Waals surface area (Å²) in [7, 11) is 1.57. The van der Waals surface area contributed by atoms with E-state index in [1.54, 1.807) is 17.9 Å². The first-order valence-corrected chi connectivity index (χ1v) is 9.66. The number of carbonyl (C=O) groups is 2. The first kappa shape index (κ1) is 21.2. The molecule has 8 nitrogen and oxygen atoms in total. The van der Waals surface area contributed by atoms with Crippen molar-refractivity contribution >= 4 is 22.8 Å². The molecule has 0 saturated heterocycles. The van der Waals surface area contributed by atoms with Gasteiger partial charge in [-0.2, -0.15) is 0 Å². The van der Waals surface area contributed by atoms with Crippen LogP contribution in [0.25, 0.3) is 11.0 Å². The molecule has 1 heterocycles. The summed E-state index contributed by atoms with van der Waals surface area (Å²) in [5.74, 6) is -0.543. The quantitative estimate of drug-likeness (QED) is 0.410. The Hall–Kier alpha value is -3.52. The number of amides is 2. The number of hydrogen-bond donors (Lipinski definition) is 1. The number of benzene rings is 2. The number of rotatable bonds is 10. The Morgan fingerprint density at radius 2 is 1.93 bits per heavy atom. The molecule has 0 aliphatic carbocycles. The lowest BCUT2D eigenvalue weighted by atomic mass is 10.0. The van der Waals surface area contributed by atoms with E-state index in [1.165, 1.54) is 4.90 Å².